The number of amides is 1. The number of esters is 1. The Morgan fingerprint density at radius 2 is 1.72 bits per heavy atom. The molecule has 0 radical (unpaired) electrons. The number of sulfonamides is 1. The minimum absolute atomic E-state index is 0.0490. The SMILES string of the molecule is CCC(C)COC(=O)/C=C/c1ccc(NC(=O)C2CCC(NS(=O)(=O)C(C)C)CC2)cc1. The maximum atomic E-state index is 12.6. The normalized spacial score (nSPS) is 20.3. The fraction of sp³-hybridized carbons (Fsp3) is 0.583. The lowest BCUT2D eigenvalue weighted by molar-refractivity contribution is -0.138. The summed E-state index contributed by atoms with van der Waals surface area (Å²) < 4.78 is 32.0. The van der Waals surface area contributed by atoms with Gasteiger partial charge in [-0.15, -0.1) is 0 Å². The highest BCUT2D eigenvalue weighted by Crippen LogP contribution is 2.26. The fourth-order valence-electron chi connectivity index (χ4n) is 3.32. The van der Waals surface area contributed by atoms with E-state index in [1.165, 1.54) is 6.08 Å². The van der Waals surface area contributed by atoms with Crippen LogP contribution in [0.2, 0.25) is 0 Å². The van der Waals surface area contributed by atoms with Gasteiger partial charge >= 0.3 is 5.97 Å². The molecule has 1 fully saturated rings. The van der Waals surface area contributed by atoms with Gasteiger partial charge in [-0.3, -0.25) is 4.79 Å². The van der Waals surface area contributed by atoms with Gasteiger partial charge in [-0.05, 0) is 69.2 Å². The van der Waals surface area contributed by atoms with E-state index in [0.717, 1.165) is 12.0 Å². The van der Waals surface area contributed by atoms with Crippen LogP contribution in [0.3, 0.4) is 0 Å². The smallest absolute Gasteiger partial charge is 0.330 e. The average Bonchev–Trinajstić information content (AvgIpc) is 2.77. The third kappa shape index (κ3) is 8.39. The van der Waals surface area contributed by atoms with Crippen molar-refractivity contribution in [3.63, 3.8) is 0 Å². The molecule has 32 heavy (non-hydrogen) atoms. The van der Waals surface area contributed by atoms with Gasteiger partial charge in [0.1, 0.15) is 0 Å². The van der Waals surface area contributed by atoms with E-state index >= 15 is 0 Å². The molecule has 178 valence electrons. The average molecular weight is 465 g/mol. The summed E-state index contributed by atoms with van der Waals surface area (Å²) in [4.78, 5) is 24.3. The maximum Gasteiger partial charge on any atom is 0.330 e. The van der Waals surface area contributed by atoms with E-state index in [9.17, 15) is 18.0 Å². The first kappa shape index (κ1) is 26.1. The van der Waals surface area contributed by atoms with E-state index in [2.05, 4.69) is 17.0 Å². The molecule has 0 saturated heterocycles. The zero-order valence-corrected chi connectivity index (χ0v) is 20.3. The molecule has 1 atom stereocenters. The molecule has 0 heterocycles. The molecule has 1 aliphatic rings. The molecule has 2 rings (SSSR count). The Bertz CT molecular complexity index is 885. The van der Waals surface area contributed by atoms with Crippen LogP contribution in [0.25, 0.3) is 6.08 Å². The van der Waals surface area contributed by atoms with Crippen molar-refractivity contribution in [1.82, 2.24) is 4.72 Å². The second-order valence-corrected chi connectivity index (χ2v) is 11.1. The number of carbonyl (C=O) groups is 2. The van der Waals surface area contributed by atoms with Crippen LogP contribution in [0, 0.1) is 11.8 Å². The Morgan fingerprint density at radius 3 is 2.28 bits per heavy atom. The number of rotatable bonds is 10. The molecule has 1 aromatic rings. The zero-order chi connectivity index (χ0) is 23.7. The summed E-state index contributed by atoms with van der Waals surface area (Å²) in [5.74, 6) is -0.203. The summed E-state index contributed by atoms with van der Waals surface area (Å²) in [5, 5.41) is 2.47. The lowest BCUT2D eigenvalue weighted by Gasteiger charge is -2.28. The van der Waals surface area contributed by atoms with Gasteiger partial charge < -0.3 is 10.1 Å². The van der Waals surface area contributed by atoms with Crippen LogP contribution >= 0.6 is 0 Å². The van der Waals surface area contributed by atoms with Crippen LogP contribution in [0.1, 0.15) is 65.4 Å². The molecule has 1 unspecified atom stereocenters. The van der Waals surface area contributed by atoms with Crippen molar-refractivity contribution in [3.05, 3.63) is 35.9 Å². The highest BCUT2D eigenvalue weighted by Gasteiger charge is 2.29. The molecule has 0 aromatic heterocycles. The maximum absolute atomic E-state index is 12.6. The molecule has 1 amide bonds. The third-order valence-corrected chi connectivity index (χ3v) is 7.75. The summed E-state index contributed by atoms with van der Waals surface area (Å²) in [7, 11) is -3.29. The van der Waals surface area contributed by atoms with Gasteiger partial charge in [-0.2, -0.15) is 0 Å². The van der Waals surface area contributed by atoms with Crippen LogP contribution in [0.5, 0.6) is 0 Å². The van der Waals surface area contributed by atoms with E-state index in [0.29, 0.717) is 43.9 Å². The molecule has 7 nitrogen and oxygen atoms in total. The van der Waals surface area contributed by atoms with Gasteiger partial charge in [0.25, 0.3) is 0 Å². The number of hydrogen-bond acceptors (Lipinski definition) is 5. The van der Waals surface area contributed by atoms with Crippen LogP contribution in [0.4, 0.5) is 5.69 Å². The lowest BCUT2D eigenvalue weighted by atomic mass is 9.86. The van der Waals surface area contributed by atoms with Gasteiger partial charge in [-0.1, -0.05) is 32.4 Å². The van der Waals surface area contributed by atoms with Crippen LogP contribution in [0.15, 0.2) is 30.3 Å². The predicted octanol–water partition coefficient (Wildman–Crippen LogP) is 4.11. The minimum Gasteiger partial charge on any atom is -0.462 e. The molecule has 1 aliphatic carbocycles. The number of benzene rings is 1. The van der Waals surface area contributed by atoms with Crippen molar-refractivity contribution < 1.29 is 22.7 Å². The molecule has 2 N–H and O–H groups in total. The highest BCUT2D eigenvalue weighted by molar-refractivity contribution is 7.90. The first-order valence-corrected chi connectivity index (χ1v) is 12.9. The van der Waals surface area contributed by atoms with E-state index < -0.39 is 15.3 Å². The van der Waals surface area contributed by atoms with E-state index in [1.54, 1.807) is 32.1 Å². The van der Waals surface area contributed by atoms with Crippen molar-refractivity contribution in [1.29, 1.82) is 0 Å². The first-order chi connectivity index (χ1) is 15.1. The van der Waals surface area contributed by atoms with Gasteiger partial charge in [0.2, 0.25) is 15.9 Å². The molecular weight excluding hydrogens is 428 g/mol. The second kappa shape index (κ2) is 12.2. The quantitative estimate of drug-likeness (QED) is 0.401. The number of nitrogens with one attached hydrogen (secondary N) is 2. The monoisotopic (exact) mass is 464 g/mol. The van der Waals surface area contributed by atoms with Crippen LogP contribution < -0.4 is 10.0 Å². The molecular formula is C24H36N2O5S. The topological polar surface area (TPSA) is 102 Å². The first-order valence-electron chi connectivity index (χ1n) is 11.4. The van der Waals surface area contributed by atoms with Gasteiger partial charge in [0, 0.05) is 23.7 Å². The number of carbonyl (C=O) groups excluding carboxylic acids is 2. The molecule has 0 spiro atoms. The van der Waals surface area contributed by atoms with E-state index in [-0.39, 0.29) is 23.8 Å². The Balaban J connectivity index is 1.79. The summed E-state index contributed by atoms with van der Waals surface area (Å²) in [6.07, 6.45) is 6.66. The summed E-state index contributed by atoms with van der Waals surface area (Å²) >= 11 is 0. The predicted molar refractivity (Wildman–Crippen MR) is 127 cm³/mol. The number of anilines is 1. The van der Waals surface area contributed by atoms with Crippen molar-refractivity contribution in [3.8, 4) is 0 Å². The molecule has 8 heteroatoms. The number of hydrogen-bond donors (Lipinski definition) is 2. The Morgan fingerprint density at radius 1 is 1.09 bits per heavy atom. The molecule has 1 saturated carbocycles. The van der Waals surface area contributed by atoms with E-state index in [1.807, 2.05) is 19.1 Å². The van der Waals surface area contributed by atoms with Gasteiger partial charge in [0.05, 0.1) is 11.9 Å². The Hall–Kier alpha value is -2.19. The van der Waals surface area contributed by atoms with Gasteiger partial charge in [-0.25, -0.2) is 17.9 Å². The fourth-order valence-corrected chi connectivity index (χ4v) is 4.29. The number of ether oxygens (including phenoxy) is 1. The summed E-state index contributed by atoms with van der Waals surface area (Å²) in [5.41, 5.74) is 1.52. The van der Waals surface area contributed by atoms with Crippen molar-refractivity contribution in [2.45, 2.75) is 71.1 Å². The lowest BCUT2D eigenvalue weighted by Crippen LogP contribution is -2.42. The van der Waals surface area contributed by atoms with Gasteiger partial charge in [0.15, 0.2) is 0 Å². The zero-order valence-electron chi connectivity index (χ0n) is 19.5. The largest absolute Gasteiger partial charge is 0.462 e. The van der Waals surface area contributed by atoms with Crippen molar-refractivity contribution >= 4 is 33.7 Å². The standard InChI is InChI=1S/C24H36N2O5S/c1-5-18(4)16-31-23(27)15-8-19-6-11-21(12-7-19)25-24(28)20-9-13-22(14-10-20)26-32(29,30)17(2)3/h6-8,11-12,15,17-18,20,22,26H,5,9-10,13-14,16H2,1-4H3,(H,25,28)/b15-8+. The molecule has 1 aromatic carbocycles. The van der Waals surface area contributed by atoms with Crippen LogP contribution in [-0.2, 0) is 24.3 Å². The minimum atomic E-state index is -3.29. The Kier molecular flexibility index (Phi) is 9.90. The second-order valence-electron chi connectivity index (χ2n) is 8.85. The molecule has 0 aliphatic heterocycles. The summed E-state index contributed by atoms with van der Waals surface area (Å²) in [6, 6.07) is 7.14. The Labute approximate surface area is 192 Å². The van der Waals surface area contributed by atoms with Crippen molar-refractivity contribution in [2.75, 3.05) is 11.9 Å². The highest BCUT2D eigenvalue weighted by atomic mass is 32.2. The third-order valence-electron chi connectivity index (χ3n) is 5.85. The van der Waals surface area contributed by atoms with E-state index in [4.69, 9.17) is 4.74 Å². The summed E-state index contributed by atoms with van der Waals surface area (Å²) in [6.45, 7) is 7.81. The van der Waals surface area contributed by atoms with Crippen molar-refractivity contribution in [2.24, 2.45) is 11.8 Å². The van der Waals surface area contributed by atoms with Crippen LogP contribution in [-0.4, -0.2) is 38.2 Å². The molecule has 0 bridgehead atoms.